The number of benzene rings is 1. The number of rotatable bonds is 7. The Morgan fingerprint density at radius 1 is 1.44 bits per heavy atom. The maximum atomic E-state index is 8.75. The predicted octanol–water partition coefficient (Wildman–Crippen LogP) is 2.66. The zero-order valence-electron chi connectivity index (χ0n) is 10.1. The van der Waals surface area contributed by atoms with Crippen LogP contribution in [0.5, 0.6) is 5.75 Å². The summed E-state index contributed by atoms with van der Waals surface area (Å²) in [6.07, 6.45) is 1.80. The molecule has 0 saturated carbocycles. The van der Waals surface area contributed by atoms with Crippen molar-refractivity contribution in [2.45, 2.75) is 32.7 Å². The molecule has 0 aliphatic heterocycles. The summed E-state index contributed by atoms with van der Waals surface area (Å²) < 4.78 is 5.43. The maximum absolute atomic E-state index is 8.75. The molecule has 1 rings (SSSR count). The van der Waals surface area contributed by atoms with Gasteiger partial charge in [-0.3, -0.25) is 0 Å². The second-order valence-electron chi connectivity index (χ2n) is 3.87. The molecule has 16 heavy (non-hydrogen) atoms. The van der Waals surface area contributed by atoms with Gasteiger partial charge >= 0.3 is 0 Å². The molecular weight excluding hydrogens is 202 g/mol. The summed E-state index contributed by atoms with van der Waals surface area (Å²) in [7, 11) is 0. The van der Waals surface area contributed by atoms with Crippen LogP contribution in [-0.2, 0) is 0 Å². The summed E-state index contributed by atoms with van der Waals surface area (Å²) >= 11 is 0. The van der Waals surface area contributed by atoms with Crippen molar-refractivity contribution in [3.05, 3.63) is 24.3 Å². The number of anilines is 1. The minimum Gasteiger partial charge on any atom is -0.494 e. The van der Waals surface area contributed by atoms with Gasteiger partial charge in [0.05, 0.1) is 6.61 Å². The summed E-state index contributed by atoms with van der Waals surface area (Å²) in [6, 6.07) is 8.32. The van der Waals surface area contributed by atoms with Gasteiger partial charge in [0, 0.05) is 24.4 Å². The second-order valence-corrected chi connectivity index (χ2v) is 3.87. The molecule has 2 N–H and O–H groups in total. The van der Waals surface area contributed by atoms with E-state index in [2.05, 4.69) is 12.2 Å². The summed E-state index contributed by atoms with van der Waals surface area (Å²) in [5.41, 5.74) is 1.07. The largest absolute Gasteiger partial charge is 0.494 e. The van der Waals surface area contributed by atoms with Crippen molar-refractivity contribution in [2.24, 2.45) is 0 Å². The van der Waals surface area contributed by atoms with E-state index in [0.29, 0.717) is 12.6 Å². The van der Waals surface area contributed by atoms with Gasteiger partial charge in [-0.25, -0.2) is 0 Å². The van der Waals surface area contributed by atoms with E-state index in [1.807, 2.05) is 31.2 Å². The molecule has 0 aliphatic rings. The van der Waals surface area contributed by atoms with Crippen molar-refractivity contribution in [3.8, 4) is 5.75 Å². The molecule has 0 fully saturated rings. The van der Waals surface area contributed by atoms with Gasteiger partial charge in [-0.1, -0.05) is 6.07 Å². The fraction of sp³-hybridized carbons (Fsp3) is 0.538. The SMILES string of the molecule is CCOc1cccc(NC(C)CCCO)c1. The highest BCUT2D eigenvalue weighted by Gasteiger charge is 2.02. The molecule has 0 aliphatic carbocycles. The second kappa shape index (κ2) is 7.12. The molecule has 1 unspecified atom stereocenters. The van der Waals surface area contributed by atoms with E-state index in [1.165, 1.54) is 0 Å². The highest BCUT2D eigenvalue weighted by molar-refractivity contribution is 5.48. The van der Waals surface area contributed by atoms with Crippen molar-refractivity contribution >= 4 is 5.69 Å². The minimum absolute atomic E-state index is 0.255. The van der Waals surface area contributed by atoms with Crippen LogP contribution in [0.1, 0.15) is 26.7 Å². The van der Waals surface area contributed by atoms with Crippen molar-refractivity contribution in [2.75, 3.05) is 18.5 Å². The Labute approximate surface area is 97.4 Å². The molecule has 0 spiro atoms. The lowest BCUT2D eigenvalue weighted by molar-refractivity contribution is 0.282. The van der Waals surface area contributed by atoms with Gasteiger partial charge in [0.2, 0.25) is 0 Å². The van der Waals surface area contributed by atoms with Gasteiger partial charge < -0.3 is 15.2 Å². The van der Waals surface area contributed by atoms with Gasteiger partial charge in [-0.05, 0) is 38.8 Å². The first-order chi connectivity index (χ1) is 7.76. The molecule has 1 atom stereocenters. The first-order valence-corrected chi connectivity index (χ1v) is 5.86. The van der Waals surface area contributed by atoms with Crippen molar-refractivity contribution in [1.29, 1.82) is 0 Å². The molecular formula is C13H21NO2. The highest BCUT2D eigenvalue weighted by atomic mass is 16.5. The molecule has 90 valence electrons. The Balaban J connectivity index is 2.49. The molecule has 0 bridgehead atoms. The standard InChI is InChI=1S/C13H21NO2/c1-3-16-13-8-4-7-12(10-13)14-11(2)6-5-9-15/h4,7-8,10-11,14-15H,3,5-6,9H2,1-2H3. The van der Waals surface area contributed by atoms with Crippen molar-refractivity contribution < 1.29 is 9.84 Å². The molecule has 1 aromatic carbocycles. The Morgan fingerprint density at radius 3 is 2.94 bits per heavy atom. The Hall–Kier alpha value is -1.22. The average Bonchev–Trinajstić information content (AvgIpc) is 2.27. The van der Waals surface area contributed by atoms with Crippen LogP contribution in [0.2, 0.25) is 0 Å². The van der Waals surface area contributed by atoms with E-state index in [9.17, 15) is 0 Å². The normalized spacial score (nSPS) is 12.2. The van der Waals surface area contributed by atoms with Gasteiger partial charge in [-0.15, -0.1) is 0 Å². The number of aliphatic hydroxyl groups excluding tert-OH is 1. The van der Waals surface area contributed by atoms with Crippen LogP contribution in [0.4, 0.5) is 5.69 Å². The van der Waals surface area contributed by atoms with Crippen LogP contribution in [0, 0.1) is 0 Å². The number of hydrogen-bond donors (Lipinski definition) is 2. The molecule has 3 heteroatoms. The summed E-state index contributed by atoms with van der Waals surface area (Å²) in [4.78, 5) is 0. The molecule has 0 amide bonds. The number of nitrogens with one attached hydrogen (secondary N) is 1. The first-order valence-electron chi connectivity index (χ1n) is 5.86. The van der Waals surface area contributed by atoms with Crippen molar-refractivity contribution in [1.82, 2.24) is 0 Å². The lowest BCUT2D eigenvalue weighted by atomic mass is 10.2. The Kier molecular flexibility index (Phi) is 5.72. The summed E-state index contributed by atoms with van der Waals surface area (Å²) in [6.45, 7) is 5.03. The predicted molar refractivity (Wildman–Crippen MR) is 67.0 cm³/mol. The third kappa shape index (κ3) is 4.53. The van der Waals surface area contributed by atoms with Crippen LogP contribution in [0.15, 0.2) is 24.3 Å². The van der Waals surface area contributed by atoms with E-state index in [0.717, 1.165) is 24.3 Å². The molecule has 1 aromatic rings. The number of aliphatic hydroxyl groups is 1. The van der Waals surface area contributed by atoms with Gasteiger partial charge in [0.15, 0.2) is 0 Å². The van der Waals surface area contributed by atoms with Crippen LogP contribution in [0.3, 0.4) is 0 Å². The van der Waals surface area contributed by atoms with Gasteiger partial charge in [0.25, 0.3) is 0 Å². The number of hydrogen-bond acceptors (Lipinski definition) is 3. The monoisotopic (exact) mass is 223 g/mol. The molecule has 3 nitrogen and oxygen atoms in total. The van der Waals surface area contributed by atoms with Crippen LogP contribution >= 0.6 is 0 Å². The van der Waals surface area contributed by atoms with Gasteiger partial charge in [-0.2, -0.15) is 0 Å². The lowest BCUT2D eigenvalue weighted by Crippen LogP contribution is -2.15. The van der Waals surface area contributed by atoms with E-state index < -0.39 is 0 Å². The third-order valence-corrected chi connectivity index (χ3v) is 2.35. The smallest absolute Gasteiger partial charge is 0.121 e. The molecule has 0 saturated heterocycles. The fourth-order valence-corrected chi connectivity index (χ4v) is 1.60. The number of ether oxygens (including phenoxy) is 1. The first kappa shape index (κ1) is 12.8. The lowest BCUT2D eigenvalue weighted by Gasteiger charge is -2.15. The van der Waals surface area contributed by atoms with Crippen molar-refractivity contribution in [3.63, 3.8) is 0 Å². The van der Waals surface area contributed by atoms with Crippen LogP contribution in [-0.4, -0.2) is 24.4 Å². The van der Waals surface area contributed by atoms with E-state index in [4.69, 9.17) is 9.84 Å². The molecule has 0 radical (unpaired) electrons. The molecule has 0 aromatic heterocycles. The average molecular weight is 223 g/mol. The third-order valence-electron chi connectivity index (χ3n) is 2.35. The minimum atomic E-state index is 0.255. The molecule has 0 heterocycles. The van der Waals surface area contributed by atoms with E-state index in [1.54, 1.807) is 0 Å². The highest BCUT2D eigenvalue weighted by Crippen LogP contribution is 2.18. The van der Waals surface area contributed by atoms with E-state index in [-0.39, 0.29) is 6.61 Å². The van der Waals surface area contributed by atoms with Crippen LogP contribution < -0.4 is 10.1 Å². The zero-order valence-corrected chi connectivity index (χ0v) is 10.1. The Bertz CT molecular complexity index is 302. The van der Waals surface area contributed by atoms with Gasteiger partial charge in [0.1, 0.15) is 5.75 Å². The summed E-state index contributed by atoms with van der Waals surface area (Å²) in [5, 5.41) is 12.1. The topological polar surface area (TPSA) is 41.5 Å². The van der Waals surface area contributed by atoms with Crippen LogP contribution in [0.25, 0.3) is 0 Å². The quantitative estimate of drug-likeness (QED) is 0.746. The Morgan fingerprint density at radius 2 is 2.25 bits per heavy atom. The zero-order chi connectivity index (χ0) is 11.8. The summed E-state index contributed by atoms with van der Waals surface area (Å²) in [5.74, 6) is 0.891. The maximum Gasteiger partial charge on any atom is 0.121 e. The fourth-order valence-electron chi connectivity index (χ4n) is 1.60. The van der Waals surface area contributed by atoms with E-state index >= 15 is 0 Å².